The Kier molecular flexibility index (Phi) is 5.56. The van der Waals surface area contributed by atoms with E-state index in [1.807, 2.05) is 35.2 Å². The molecule has 0 radical (unpaired) electrons. The molecule has 4 heterocycles. The van der Waals surface area contributed by atoms with Gasteiger partial charge >= 0.3 is 0 Å². The van der Waals surface area contributed by atoms with Crippen LogP contribution in [0, 0.1) is 0 Å². The molecule has 0 spiro atoms. The van der Waals surface area contributed by atoms with Crippen LogP contribution in [0.25, 0.3) is 5.65 Å². The Balaban J connectivity index is 1.36. The number of carbonyl (C=O) groups is 2. The molecule has 0 unspecified atom stereocenters. The maximum atomic E-state index is 13.3. The van der Waals surface area contributed by atoms with Gasteiger partial charge in [0.05, 0.1) is 11.9 Å². The lowest BCUT2D eigenvalue weighted by molar-refractivity contribution is 0.0704. The number of carbonyl (C=O) groups excluding carboxylic acids is 2. The van der Waals surface area contributed by atoms with E-state index < -0.39 is 5.91 Å². The first-order chi connectivity index (χ1) is 16.1. The largest absolute Gasteiger partial charge is 0.365 e. The summed E-state index contributed by atoms with van der Waals surface area (Å²) >= 11 is 0. The minimum Gasteiger partial charge on any atom is -0.365 e. The molecule has 0 bridgehead atoms. The summed E-state index contributed by atoms with van der Waals surface area (Å²) in [7, 11) is 0. The number of fused-ring (bicyclic) bond motifs is 1. The molecule has 8 nitrogen and oxygen atoms in total. The first kappa shape index (κ1) is 20.8. The average molecular weight is 441 g/mol. The molecule has 0 aliphatic carbocycles. The normalized spacial score (nSPS) is 16.1. The molecule has 1 atom stereocenters. The van der Waals surface area contributed by atoms with Gasteiger partial charge < -0.3 is 10.6 Å². The SMILES string of the molecule is NC(=O)c1cnn2c([C@H]3CCCN(C(=O)c4ccnc(Cc5ccccc5)c4)C3)ccnc12. The van der Waals surface area contributed by atoms with E-state index in [1.54, 1.807) is 23.0 Å². The Morgan fingerprint density at radius 3 is 2.70 bits per heavy atom. The summed E-state index contributed by atoms with van der Waals surface area (Å²) in [5.41, 5.74) is 9.78. The van der Waals surface area contributed by atoms with E-state index in [2.05, 4.69) is 27.2 Å². The Bertz CT molecular complexity index is 1320. The molecule has 0 saturated carbocycles. The van der Waals surface area contributed by atoms with Crippen LogP contribution in [0.2, 0.25) is 0 Å². The van der Waals surface area contributed by atoms with Gasteiger partial charge in [-0.3, -0.25) is 14.6 Å². The van der Waals surface area contributed by atoms with Crippen LogP contribution >= 0.6 is 0 Å². The second kappa shape index (κ2) is 8.82. The van der Waals surface area contributed by atoms with Crippen LogP contribution < -0.4 is 5.73 Å². The van der Waals surface area contributed by atoms with Crippen molar-refractivity contribution < 1.29 is 9.59 Å². The van der Waals surface area contributed by atoms with Gasteiger partial charge in [0, 0.05) is 49.1 Å². The van der Waals surface area contributed by atoms with Crippen molar-refractivity contribution in [3.8, 4) is 0 Å². The number of likely N-dealkylation sites (tertiary alicyclic amines) is 1. The van der Waals surface area contributed by atoms with Gasteiger partial charge in [0.1, 0.15) is 5.56 Å². The first-order valence-electron chi connectivity index (χ1n) is 11.0. The summed E-state index contributed by atoms with van der Waals surface area (Å²) in [4.78, 5) is 35.6. The highest BCUT2D eigenvalue weighted by Gasteiger charge is 2.28. The summed E-state index contributed by atoms with van der Waals surface area (Å²) < 4.78 is 1.67. The van der Waals surface area contributed by atoms with Crippen molar-refractivity contribution in [3.05, 3.63) is 95.2 Å². The fourth-order valence-corrected chi connectivity index (χ4v) is 4.49. The number of nitrogens with zero attached hydrogens (tertiary/aromatic N) is 5. The highest BCUT2D eigenvalue weighted by molar-refractivity contribution is 5.98. The monoisotopic (exact) mass is 440 g/mol. The fourth-order valence-electron chi connectivity index (χ4n) is 4.49. The molecule has 8 heteroatoms. The predicted octanol–water partition coefficient (Wildman–Crippen LogP) is 2.83. The quantitative estimate of drug-likeness (QED) is 0.514. The van der Waals surface area contributed by atoms with E-state index in [9.17, 15) is 9.59 Å². The van der Waals surface area contributed by atoms with E-state index in [4.69, 9.17) is 5.73 Å². The van der Waals surface area contributed by atoms with Crippen LogP contribution in [-0.2, 0) is 6.42 Å². The highest BCUT2D eigenvalue weighted by Crippen LogP contribution is 2.28. The van der Waals surface area contributed by atoms with Gasteiger partial charge in [-0.15, -0.1) is 0 Å². The third-order valence-corrected chi connectivity index (χ3v) is 6.11. The molecule has 4 aromatic rings. The average Bonchev–Trinajstić information content (AvgIpc) is 3.29. The highest BCUT2D eigenvalue weighted by atomic mass is 16.2. The molecular formula is C25H24N6O2. The number of aromatic nitrogens is 4. The third kappa shape index (κ3) is 4.19. The van der Waals surface area contributed by atoms with Crippen LogP contribution in [0.3, 0.4) is 0 Å². The fraction of sp³-hybridized carbons (Fsp3) is 0.240. The van der Waals surface area contributed by atoms with Crippen molar-refractivity contribution >= 4 is 17.5 Å². The summed E-state index contributed by atoms with van der Waals surface area (Å²) in [5.74, 6) is -0.474. The number of amides is 2. The van der Waals surface area contributed by atoms with E-state index in [-0.39, 0.29) is 11.8 Å². The van der Waals surface area contributed by atoms with Gasteiger partial charge in [-0.1, -0.05) is 30.3 Å². The third-order valence-electron chi connectivity index (χ3n) is 6.11. The summed E-state index contributed by atoms with van der Waals surface area (Å²) in [6, 6.07) is 15.7. The van der Waals surface area contributed by atoms with Gasteiger partial charge in [-0.2, -0.15) is 5.10 Å². The van der Waals surface area contributed by atoms with Crippen molar-refractivity contribution in [2.45, 2.75) is 25.2 Å². The van der Waals surface area contributed by atoms with Crippen molar-refractivity contribution in [2.75, 3.05) is 13.1 Å². The molecule has 2 N–H and O–H groups in total. The lowest BCUT2D eigenvalue weighted by Gasteiger charge is -2.33. The smallest absolute Gasteiger partial charge is 0.254 e. The number of primary amides is 1. The minimum absolute atomic E-state index is 0.00000184. The minimum atomic E-state index is -0.556. The molecule has 1 saturated heterocycles. The molecule has 1 aliphatic rings. The second-order valence-electron chi connectivity index (χ2n) is 8.32. The first-order valence-corrected chi connectivity index (χ1v) is 11.0. The van der Waals surface area contributed by atoms with Gasteiger partial charge in [0.25, 0.3) is 11.8 Å². The van der Waals surface area contributed by atoms with Gasteiger partial charge in [0.2, 0.25) is 0 Å². The number of pyridine rings is 1. The van der Waals surface area contributed by atoms with Crippen LogP contribution in [0.5, 0.6) is 0 Å². The molecule has 5 rings (SSSR count). The zero-order valence-electron chi connectivity index (χ0n) is 18.1. The maximum Gasteiger partial charge on any atom is 0.254 e. The molecule has 1 aliphatic heterocycles. The van der Waals surface area contributed by atoms with E-state index in [0.717, 1.165) is 29.8 Å². The van der Waals surface area contributed by atoms with E-state index >= 15 is 0 Å². The Morgan fingerprint density at radius 1 is 1.06 bits per heavy atom. The summed E-state index contributed by atoms with van der Waals surface area (Å²) in [6.45, 7) is 1.27. The lowest BCUT2D eigenvalue weighted by atomic mass is 9.94. The van der Waals surface area contributed by atoms with Crippen LogP contribution in [-0.4, -0.2) is 49.4 Å². The van der Waals surface area contributed by atoms with Crippen molar-refractivity contribution in [1.29, 1.82) is 0 Å². The molecule has 166 valence electrons. The number of rotatable bonds is 5. The van der Waals surface area contributed by atoms with Crippen molar-refractivity contribution in [1.82, 2.24) is 24.5 Å². The number of nitrogens with two attached hydrogens (primary N) is 1. The standard InChI is InChI=1S/C25H24N6O2/c26-23(32)21-15-29-31-22(9-11-28-24(21)31)19-7-4-12-30(16-19)25(33)18-8-10-27-20(14-18)13-17-5-2-1-3-6-17/h1-3,5-6,8-11,14-15,19H,4,7,12-13,16H2,(H2,26,32)/t19-/m0/s1. The van der Waals surface area contributed by atoms with Crippen LogP contribution in [0.1, 0.15) is 56.4 Å². The molecule has 1 aromatic carbocycles. The molecule has 3 aromatic heterocycles. The summed E-state index contributed by atoms with van der Waals surface area (Å²) in [6.07, 6.45) is 7.30. The predicted molar refractivity (Wildman–Crippen MR) is 123 cm³/mol. The second-order valence-corrected chi connectivity index (χ2v) is 8.32. The zero-order chi connectivity index (χ0) is 22.8. The van der Waals surface area contributed by atoms with Crippen molar-refractivity contribution in [3.63, 3.8) is 0 Å². The number of hydrogen-bond acceptors (Lipinski definition) is 5. The van der Waals surface area contributed by atoms with Gasteiger partial charge in [-0.25, -0.2) is 9.50 Å². The number of hydrogen-bond donors (Lipinski definition) is 1. The van der Waals surface area contributed by atoms with Gasteiger partial charge in [-0.05, 0) is 36.6 Å². The Morgan fingerprint density at radius 2 is 1.88 bits per heavy atom. The van der Waals surface area contributed by atoms with Gasteiger partial charge in [0.15, 0.2) is 5.65 Å². The maximum absolute atomic E-state index is 13.3. The zero-order valence-corrected chi connectivity index (χ0v) is 18.1. The summed E-state index contributed by atoms with van der Waals surface area (Å²) in [5, 5.41) is 4.34. The number of benzene rings is 1. The number of piperidine rings is 1. The molecule has 33 heavy (non-hydrogen) atoms. The Hall–Kier alpha value is -4.07. The molecular weight excluding hydrogens is 416 g/mol. The molecule has 1 fully saturated rings. The van der Waals surface area contributed by atoms with E-state index in [0.29, 0.717) is 36.3 Å². The lowest BCUT2D eigenvalue weighted by Crippen LogP contribution is -2.39. The molecule has 2 amide bonds. The van der Waals surface area contributed by atoms with Crippen molar-refractivity contribution in [2.24, 2.45) is 5.73 Å². The van der Waals surface area contributed by atoms with Crippen LogP contribution in [0.4, 0.5) is 0 Å². The van der Waals surface area contributed by atoms with E-state index in [1.165, 1.54) is 6.20 Å². The topological polar surface area (TPSA) is 106 Å². The Labute approximate surface area is 191 Å². The van der Waals surface area contributed by atoms with Crippen LogP contribution in [0.15, 0.2) is 67.1 Å².